The number of fused-ring (bicyclic) bond motifs is 1. The van der Waals surface area contributed by atoms with Gasteiger partial charge in [0.25, 0.3) is 5.91 Å². The zero-order chi connectivity index (χ0) is 24.8. The quantitative estimate of drug-likeness (QED) is 0.389. The molecule has 0 saturated carbocycles. The summed E-state index contributed by atoms with van der Waals surface area (Å²) in [5.41, 5.74) is 3.89. The van der Waals surface area contributed by atoms with Gasteiger partial charge >= 0.3 is 0 Å². The standard InChI is InChI=1S/C27H35N3O4S/c1-5-33-22-10-9-21(18-23(22)34-6-2)26(31)30(13-7-12-29-14-16-32-17-15-29)27-28-25-20(4)19(3)8-11-24(25)35-27/h8-11,18H,5-7,12-17H2,1-4H3. The van der Waals surface area contributed by atoms with Gasteiger partial charge in [-0.25, -0.2) is 4.98 Å². The number of benzene rings is 2. The molecule has 0 atom stereocenters. The molecule has 35 heavy (non-hydrogen) atoms. The molecule has 1 aliphatic rings. The zero-order valence-corrected chi connectivity index (χ0v) is 22.0. The third-order valence-corrected chi connectivity index (χ3v) is 7.34. The fourth-order valence-electron chi connectivity index (χ4n) is 4.23. The Labute approximate surface area is 211 Å². The van der Waals surface area contributed by atoms with Crippen molar-refractivity contribution in [2.24, 2.45) is 0 Å². The Bertz CT molecular complexity index is 1160. The van der Waals surface area contributed by atoms with Crippen LogP contribution < -0.4 is 14.4 Å². The van der Waals surface area contributed by atoms with Gasteiger partial charge < -0.3 is 14.2 Å². The second kappa shape index (κ2) is 11.8. The molecule has 1 saturated heterocycles. The minimum Gasteiger partial charge on any atom is -0.490 e. The summed E-state index contributed by atoms with van der Waals surface area (Å²) < 4.78 is 18.0. The number of hydrogen-bond donors (Lipinski definition) is 0. The molecule has 0 unspecified atom stereocenters. The molecular formula is C27H35N3O4S. The van der Waals surface area contributed by atoms with Crippen LogP contribution in [0, 0.1) is 13.8 Å². The molecule has 2 aromatic carbocycles. The first-order valence-electron chi connectivity index (χ1n) is 12.4. The van der Waals surface area contributed by atoms with Gasteiger partial charge in [0.1, 0.15) is 0 Å². The average Bonchev–Trinajstić information content (AvgIpc) is 3.30. The molecular weight excluding hydrogens is 462 g/mol. The van der Waals surface area contributed by atoms with Gasteiger partial charge in [-0.3, -0.25) is 14.6 Å². The van der Waals surface area contributed by atoms with Crippen LogP contribution in [0.1, 0.15) is 41.8 Å². The molecule has 8 heteroatoms. The van der Waals surface area contributed by atoms with Crippen molar-refractivity contribution >= 4 is 32.6 Å². The Hall–Kier alpha value is -2.68. The number of carbonyl (C=O) groups is 1. The fourth-order valence-corrected chi connectivity index (χ4v) is 5.28. The lowest BCUT2D eigenvalue weighted by atomic mass is 10.1. The van der Waals surface area contributed by atoms with Crippen LogP contribution >= 0.6 is 11.3 Å². The van der Waals surface area contributed by atoms with Gasteiger partial charge in [0.15, 0.2) is 16.6 Å². The van der Waals surface area contributed by atoms with Crippen molar-refractivity contribution in [3.63, 3.8) is 0 Å². The summed E-state index contributed by atoms with van der Waals surface area (Å²) in [5, 5.41) is 0.729. The second-order valence-electron chi connectivity index (χ2n) is 8.64. The number of carbonyl (C=O) groups excluding carboxylic acids is 1. The minimum absolute atomic E-state index is 0.0792. The maximum atomic E-state index is 13.8. The third kappa shape index (κ3) is 5.94. The molecule has 0 bridgehead atoms. The van der Waals surface area contributed by atoms with Crippen molar-refractivity contribution in [2.45, 2.75) is 34.1 Å². The number of aromatic nitrogens is 1. The molecule has 1 aromatic heterocycles. The Kier molecular flexibility index (Phi) is 8.59. The molecule has 0 spiro atoms. The molecule has 1 fully saturated rings. The monoisotopic (exact) mass is 497 g/mol. The first kappa shape index (κ1) is 25.4. The van der Waals surface area contributed by atoms with Crippen LogP contribution in [0.3, 0.4) is 0 Å². The molecule has 0 N–H and O–H groups in total. The van der Waals surface area contributed by atoms with E-state index in [1.807, 2.05) is 30.9 Å². The van der Waals surface area contributed by atoms with Crippen LogP contribution in [0.5, 0.6) is 11.5 Å². The lowest BCUT2D eigenvalue weighted by Gasteiger charge is -2.27. The molecule has 1 amide bonds. The van der Waals surface area contributed by atoms with Crippen molar-refractivity contribution in [2.75, 3.05) is 57.5 Å². The SMILES string of the molecule is CCOc1ccc(C(=O)N(CCCN2CCOCC2)c2nc3c(C)c(C)ccc3s2)cc1OCC. The maximum absolute atomic E-state index is 13.8. The van der Waals surface area contributed by atoms with E-state index < -0.39 is 0 Å². The third-order valence-electron chi connectivity index (χ3n) is 6.30. The lowest BCUT2D eigenvalue weighted by molar-refractivity contribution is 0.0376. The molecule has 0 aliphatic carbocycles. The highest BCUT2D eigenvalue weighted by Gasteiger charge is 2.24. The van der Waals surface area contributed by atoms with Crippen LogP contribution in [0.2, 0.25) is 0 Å². The van der Waals surface area contributed by atoms with Crippen LogP contribution in [0.15, 0.2) is 30.3 Å². The average molecular weight is 498 g/mol. The van der Waals surface area contributed by atoms with Crippen molar-refractivity contribution in [3.05, 3.63) is 47.0 Å². The molecule has 4 rings (SSSR count). The van der Waals surface area contributed by atoms with E-state index in [1.165, 1.54) is 5.56 Å². The predicted molar refractivity (Wildman–Crippen MR) is 141 cm³/mol. The summed E-state index contributed by atoms with van der Waals surface area (Å²) in [7, 11) is 0. The van der Waals surface area contributed by atoms with Crippen molar-refractivity contribution in [1.29, 1.82) is 0 Å². The number of nitrogens with zero attached hydrogens (tertiary/aromatic N) is 3. The van der Waals surface area contributed by atoms with Gasteiger partial charge in [-0.1, -0.05) is 17.4 Å². The first-order chi connectivity index (χ1) is 17.0. The highest BCUT2D eigenvalue weighted by atomic mass is 32.1. The summed E-state index contributed by atoms with van der Waals surface area (Å²) in [4.78, 5) is 23.0. The van der Waals surface area contributed by atoms with Gasteiger partial charge in [-0.2, -0.15) is 0 Å². The summed E-state index contributed by atoms with van der Waals surface area (Å²) in [6.07, 6.45) is 0.856. The number of morpholine rings is 1. The molecule has 3 aromatic rings. The van der Waals surface area contributed by atoms with Gasteiger partial charge in [0.05, 0.1) is 36.6 Å². The number of ether oxygens (including phenoxy) is 3. The molecule has 2 heterocycles. The summed E-state index contributed by atoms with van der Waals surface area (Å²) in [6.45, 7) is 14.0. The highest BCUT2D eigenvalue weighted by Crippen LogP contribution is 2.34. The van der Waals surface area contributed by atoms with E-state index in [0.29, 0.717) is 36.8 Å². The first-order valence-corrected chi connectivity index (χ1v) is 13.2. The molecule has 7 nitrogen and oxygen atoms in total. The number of amides is 1. The van der Waals surface area contributed by atoms with Gasteiger partial charge in [0.2, 0.25) is 0 Å². The fraction of sp³-hybridized carbons (Fsp3) is 0.481. The van der Waals surface area contributed by atoms with Crippen molar-refractivity contribution in [3.8, 4) is 11.5 Å². The van der Waals surface area contributed by atoms with Crippen LogP contribution in [-0.2, 0) is 4.74 Å². The number of rotatable bonds is 10. The number of thiazole rings is 1. The van der Waals surface area contributed by atoms with Crippen molar-refractivity contribution < 1.29 is 19.0 Å². The predicted octanol–water partition coefficient (Wildman–Crippen LogP) is 5.08. The van der Waals surface area contributed by atoms with E-state index in [0.717, 1.165) is 60.2 Å². The number of aryl methyl sites for hydroxylation is 2. The van der Waals surface area contributed by atoms with Crippen LogP contribution in [0.4, 0.5) is 5.13 Å². The Morgan fingerprint density at radius 2 is 1.83 bits per heavy atom. The topological polar surface area (TPSA) is 64.1 Å². The Morgan fingerprint density at radius 3 is 2.57 bits per heavy atom. The normalized spacial score (nSPS) is 14.3. The van der Waals surface area contributed by atoms with E-state index in [-0.39, 0.29) is 5.91 Å². The lowest BCUT2D eigenvalue weighted by Crippen LogP contribution is -2.39. The number of hydrogen-bond acceptors (Lipinski definition) is 7. The van der Waals surface area contributed by atoms with Gasteiger partial charge in [-0.15, -0.1) is 0 Å². The van der Waals surface area contributed by atoms with Gasteiger partial charge in [0, 0.05) is 31.7 Å². The van der Waals surface area contributed by atoms with Crippen LogP contribution in [-0.4, -0.2) is 68.4 Å². The smallest absolute Gasteiger partial charge is 0.260 e. The highest BCUT2D eigenvalue weighted by molar-refractivity contribution is 7.22. The Morgan fingerprint density at radius 1 is 1.09 bits per heavy atom. The van der Waals surface area contributed by atoms with E-state index in [4.69, 9.17) is 19.2 Å². The minimum atomic E-state index is -0.0792. The summed E-state index contributed by atoms with van der Waals surface area (Å²) >= 11 is 1.57. The number of anilines is 1. The van der Waals surface area contributed by atoms with Crippen molar-refractivity contribution in [1.82, 2.24) is 9.88 Å². The zero-order valence-electron chi connectivity index (χ0n) is 21.1. The molecule has 188 valence electrons. The van der Waals surface area contributed by atoms with Crippen LogP contribution in [0.25, 0.3) is 10.2 Å². The van der Waals surface area contributed by atoms with Gasteiger partial charge in [-0.05, 0) is 69.5 Å². The second-order valence-corrected chi connectivity index (χ2v) is 9.65. The van der Waals surface area contributed by atoms with E-state index in [1.54, 1.807) is 17.4 Å². The maximum Gasteiger partial charge on any atom is 0.260 e. The van der Waals surface area contributed by atoms with E-state index >= 15 is 0 Å². The Balaban J connectivity index is 1.63. The summed E-state index contributed by atoms with van der Waals surface area (Å²) in [5.74, 6) is 1.16. The largest absolute Gasteiger partial charge is 0.490 e. The summed E-state index contributed by atoms with van der Waals surface area (Å²) in [6, 6.07) is 9.63. The van der Waals surface area contributed by atoms with E-state index in [2.05, 4.69) is 30.9 Å². The molecule has 1 aliphatic heterocycles. The van der Waals surface area contributed by atoms with E-state index in [9.17, 15) is 4.79 Å². The molecule has 0 radical (unpaired) electrons.